The Morgan fingerprint density at radius 2 is 1.57 bits per heavy atom. The maximum absolute atomic E-state index is 12.7. The van der Waals surface area contributed by atoms with Crippen LogP contribution in [-0.2, 0) is 19.9 Å². The van der Waals surface area contributed by atoms with Crippen LogP contribution in [-0.4, -0.2) is 52.6 Å². The summed E-state index contributed by atoms with van der Waals surface area (Å²) in [5, 5.41) is 3.23. The van der Waals surface area contributed by atoms with E-state index < -0.39 is 19.9 Å². The molecule has 1 heterocycles. The van der Waals surface area contributed by atoms with Crippen LogP contribution < -0.4 is 5.32 Å². The van der Waals surface area contributed by atoms with E-state index in [1.807, 2.05) is 13.8 Å². The van der Waals surface area contributed by atoms with Crippen molar-refractivity contribution in [1.29, 1.82) is 0 Å². The molecule has 1 aliphatic heterocycles. The lowest BCUT2D eigenvalue weighted by Gasteiger charge is -2.36. The number of benzene rings is 1. The van der Waals surface area contributed by atoms with E-state index in [9.17, 15) is 16.8 Å². The standard InChI is InChI=1S/C13H20N2O4S2/c1-10-9-15(11(2)8-14-10)21(18,19)13-6-4-12(5-7-13)20(3,16)17/h4-7,10-11,14H,8-9H2,1-3H3. The number of nitrogens with one attached hydrogen (secondary N) is 1. The van der Waals surface area contributed by atoms with Crippen LogP contribution in [0.25, 0.3) is 0 Å². The van der Waals surface area contributed by atoms with Gasteiger partial charge in [-0.3, -0.25) is 0 Å². The smallest absolute Gasteiger partial charge is 0.243 e. The molecule has 2 unspecified atom stereocenters. The normalized spacial score (nSPS) is 24.9. The third-order valence-electron chi connectivity index (χ3n) is 3.57. The molecular formula is C13H20N2O4S2. The van der Waals surface area contributed by atoms with E-state index >= 15 is 0 Å². The van der Waals surface area contributed by atoms with Crippen molar-refractivity contribution in [3.63, 3.8) is 0 Å². The van der Waals surface area contributed by atoms with Gasteiger partial charge in [0.05, 0.1) is 9.79 Å². The lowest BCUT2D eigenvalue weighted by atomic mass is 10.2. The van der Waals surface area contributed by atoms with E-state index in [1.165, 1.54) is 28.6 Å². The Kier molecular flexibility index (Phi) is 4.44. The summed E-state index contributed by atoms with van der Waals surface area (Å²) >= 11 is 0. The molecule has 0 bridgehead atoms. The van der Waals surface area contributed by atoms with Crippen molar-refractivity contribution in [3.05, 3.63) is 24.3 Å². The molecule has 2 atom stereocenters. The molecule has 0 radical (unpaired) electrons. The van der Waals surface area contributed by atoms with Crippen molar-refractivity contribution in [2.45, 2.75) is 35.7 Å². The molecule has 21 heavy (non-hydrogen) atoms. The van der Waals surface area contributed by atoms with Crippen LogP contribution in [0, 0.1) is 0 Å². The first-order valence-corrected chi connectivity index (χ1v) is 10.0. The zero-order chi connectivity index (χ0) is 15.8. The minimum absolute atomic E-state index is 0.0891. The third-order valence-corrected chi connectivity index (χ3v) is 6.69. The highest BCUT2D eigenvalue weighted by molar-refractivity contribution is 7.90. The van der Waals surface area contributed by atoms with Crippen LogP contribution in [0.3, 0.4) is 0 Å². The molecule has 1 aromatic rings. The van der Waals surface area contributed by atoms with Gasteiger partial charge in [-0.2, -0.15) is 4.31 Å². The lowest BCUT2D eigenvalue weighted by Crippen LogP contribution is -2.56. The van der Waals surface area contributed by atoms with Crippen LogP contribution >= 0.6 is 0 Å². The molecular weight excluding hydrogens is 312 g/mol. The highest BCUT2D eigenvalue weighted by atomic mass is 32.2. The van der Waals surface area contributed by atoms with Gasteiger partial charge in [-0.25, -0.2) is 16.8 Å². The Labute approximate surface area is 126 Å². The fraction of sp³-hybridized carbons (Fsp3) is 0.538. The highest BCUT2D eigenvalue weighted by Gasteiger charge is 2.33. The molecule has 1 aromatic carbocycles. The van der Waals surface area contributed by atoms with Crippen LogP contribution in [0.2, 0.25) is 0 Å². The summed E-state index contributed by atoms with van der Waals surface area (Å²) in [5.74, 6) is 0. The van der Waals surface area contributed by atoms with Gasteiger partial charge in [0, 0.05) is 31.4 Å². The zero-order valence-corrected chi connectivity index (χ0v) is 13.9. The Hall–Kier alpha value is -0.960. The van der Waals surface area contributed by atoms with Gasteiger partial charge in [0.15, 0.2) is 9.84 Å². The van der Waals surface area contributed by atoms with Gasteiger partial charge in [0.2, 0.25) is 10.0 Å². The fourth-order valence-electron chi connectivity index (χ4n) is 2.32. The quantitative estimate of drug-likeness (QED) is 0.869. The average Bonchev–Trinajstić information content (AvgIpc) is 2.40. The SMILES string of the molecule is CC1CN(S(=O)(=O)c2ccc(S(C)(=O)=O)cc2)C(C)CN1. The summed E-state index contributed by atoms with van der Waals surface area (Å²) in [6, 6.07) is 5.32. The molecule has 0 aliphatic carbocycles. The predicted octanol–water partition coefficient (Wildman–Crippen LogP) is 0.461. The summed E-state index contributed by atoms with van der Waals surface area (Å²) in [5.41, 5.74) is 0. The van der Waals surface area contributed by atoms with E-state index in [-0.39, 0.29) is 21.9 Å². The average molecular weight is 332 g/mol. The monoisotopic (exact) mass is 332 g/mol. The number of hydrogen-bond donors (Lipinski definition) is 1. The van der Waals surface area contributed by atoms with Crippen LogP contribution in [0.1, 0.15) is 13.8 Å². The maximum atomic E-state index is 12.7. The Morgan fingerprint density at radius 3 is 2.10 bits per heavy atom. The second-order valence-electron chi connectivity index (χ2n) is 5.48. The number of sulfone groups is 1. The number of sulfonamides is 1. The Balaban J connectivity index is 2.35. The maximum Gasteiger partial charge on any atom is 0.243 e. The molecule has 0 saturated carbocycles. The minimum atomic E-state index is -3.61. The van der Waals surface area contributed by atoms with E-state index in [4.69, 9.17) is 0 Å². The van der Waals surface area contributed by atoms with Gasteiger partial charge >= 0.3 is 0 Å². The van der Waals surface area contributed by atoms with Gasteiger partial charge in [-0.1, -0.05) is 0 Å². The van der Waals surface area contributed by atoms with Crippen molar-refractivity contribution in [3.8, 4) is 0 Å². The highest BCUT2D eigenvalue weighted by Crippen LogP contribution is 2.22. The summed E-state index contributed by atoms with van der Waals surface area (Å²) in [7, 11) is -6.94. The number of rotatable bonds is 3. The van der Waals surface area contributed by atoms with Gasteiger partial charge in [0.1, 0.15) is 0 Å². The van der Waals surface area contributed by atoms with E-state index in [0.717, 1.165) is 6.26 Å². The molecule has 1 N–H and O–H groups in total. The van der Waals surface area contributed by atoms with Crippen LogP contribution in [0.4, 0.5) is 0 Å². The summed E-state index contributed by atoms with van der Waals surface area (Å²) in [4.78, 5) is 0.235. The van der Waals surface area contributed by atoms with Gasteiger partial charge in [0.25, 0.3) is 0 Å². The van der Waals surface area contributed by atoms with Crippen molar-refractivity contribution < 1.29 is 16.8 Å². The molecule has 2 rings (SSSR count). The van der Waals surface area contributed by atoms with Crippen LogP contribution in [0.5, 0.6) is 0 Å². The van der Waals surface area contributed by atoms with E-state index in [1.54, 1.807) is 0 Å². The molecule has 0 spiro atoms. The van der Waals surface area contributed by atoms with Gasteiger partial charge in [-0.05, 0) is 38.1 Å². The van der Waals surface area contributed by atoms with E-state index in [2.05, 4.69) is 5.32 Å². The fourth-order valence-corrected chi connectivity index (χ4v) is 4.67. The molecule has 0 amide bonds. The molecule has 0 aromatic heterocycles. The molecule has 1 saturated heterocycles. The van der Waals surface area contributed by atoms with Gasteiger partial charge < -0.3 is 5.32 Å². The first-order valence-electron chi connectivity index (χ1n) is 6.67. The molecule has 1 aliphatic rings. The van der Waals surface area contributed by atoms with Crippen molar-refractivity contribution >= 4 is 19.9 Å². The van der Waals surface area contributed by atoms with Crippen molar-refractivity contribution in [1.82, 2.24) is 9.62 Å². The number of hydrogen-bond acceptors (Lipinski definition) is 5. The zero-order valence-electron chi connectivity index (χ0n) is 12.3. The predicted molar refractivity (Wildman–Crippen MR) is 80.4 cm³/mol. The molecule has 118 valence electrons. The second kappa shape index (κ2) is 5.68. The summed E-state index contributed by atoms with van der Waals surface area (Å²) < 4.78 is 49.6. The Bertz CT molecular complexity index is 711. The summed E-state index contributed by atoms with van der Waals surface area (Å²) in [6.07, 6.45) is 1.09. The molecule has 1 fully saturated rings. The topological polar surface area (TPSA) is 83.6 Å². The van der Waals surface area contributed by atoms with Crippen molar-refractivity contribution in [2.75, 3.05) is 19.3 Å². The second-order valence-corrected chi connectivity index (χ2v) is 9.38. The largest absolute Gasteiger partial charge is 0.311 e. The van der Waals surface area contributed by atoms with Crippen LogP contribution in [0.15, 0.2) is 34.1 Å². The summed E-state index contributed by atoms with van der Waals surface area (Å²) in [6.45, 7) is 4.78. The lowest BCUT2D eigenvalue weighted by molar-refractivity contribution is 0.244. The Morgan fingerprint density at radius 1 is 1.05 bits per heavy atom. The number of piperazine rings is 1. The van der Waals surface area contributed by atoms with Gasteiger partial charge in [-0.15, -0.1) is 0 Å². The molecule has 8 heteroatoms. The first-order chi connectivity index (χ1) is 9.62. The third kappa shape index (κ3) is 3.45. The van der Waals surface area contributed by atoms with Crippen molar-refractivity contribution in [2.24, 2.45) is 0 Å². The first kappa shape index (κ1) is 16.4. The van der Waals surface area contributed by atoms with E-state index in [0.29, 0.717) is 13.1 Å². The minimum Gasteiger partial charge on any atom is -0.311 e. The molecule has 6 nitrogen and oxygen atoms in total. The number of nitrogens with zero attached hydrogens (tertiary/aromatic N) is 1.